The normalized spacial score (nSPS) is 16.7. The minimum Gasteiger partial charge on any atom is -0.497 e. The zero-order chi connectivity index (χ0) is 11.1. The predicted octanol–water partition coefficient (Wildman–Crippen LogP) is 2.46. The number of methoxy groups -OCH3 is 1. The largest absolute Gasteiger partial charge is 0.497 e. The van der Waals surface area contributed by atoms with Crippen LogP contribution in [0, 0.1) is 0 Å². The van der Waals surface area contributed by atoms with Gasteiger partial charge in [-0.1, -0.05) is 0 Å². The van der Waals surface area contributed by atoms with Gasteiger partial charge in [-0.05, 0) is 26.0 Å². The van der Waals surface area contributed by atoms with Crippen molar-refractivity contribution >= 4 is 11.8 Å². The fourth-order valence-corrected chi connectivity index (χ4v) is 1.60. The second-order valence-corrected chi connectivity index (χ2v) is 4.17. The molecule has 1 aromatic rings. The van der Waals surface area contributed by atoms with Gasteiger partial charge >= 0.3 is 0 Å². The van der Waals surface area contributed by atoms with Crippen LogP contribution in [0.15, 0.2) is 18.2 Å². The SMILES string of the molecule is COc1cc(N)c2c(c1)OC(C)(C)C=C2. The van der Waals surface area contributed by atoms with E-state index >= 15 is 0 Å². The van der Waals surface area contributed by atoms with Crippen LogP contribution in [-0.2, 0) is 0 Å². The van der Waals surface area contributed by atoms with Crippen molar-refractivity contribution in [2.45, 2.75) is 19.4 Å². The van der Waals surface area contributed by atoms with E-state index in [2.05, 4.69) is 0 Å². The molecule has 80 valence electrons. The molecule has 0 radical (unpaired) electrons. The van der Waals surface area contributed by atoms with Crippen LogP contribution in [0.25, 0.3) is 6.08 Å². The molecular weight excluding hydrogens is 190 g/mol. The first-order valence-corrected chi connectivity index (χ1v) is 4.87. The summed E-state index contributed by atoms with van der Waals surface area (Å²) in [5, 5.41) is 0. The Morgan fingerprint density at radius 2 is 2.07 bits per heavy atom. The van der Waals surface area contributed by atoms with Gasteiger partial charge in [0.2, 0.25) is 0 Å². The van der Waals surface area contributed by atoms with Crippen LogP contribution >= 0.6 is 0 Å². The number of anilines is 1. The average molecular weight is 205 g/mol. The first-order chi connectivity index (χ1) is 7.02. The van der Waals surface area contributed by atoms with Crippen LogP contribution in [-0.4, -0.2) is 12.7 Å². The Labute approximate surface area is 89.5 Å². The van der Waals surface area contributed by atoms with Crippen LogP contribution < -0.4 is 15.2 Å². The molecule has 3 nitrogen and oxygen atoms in total. The Balaban J connectivity index is 2.52. The maximum Gasteiger partial charge on any atom is 0.133 e. The quantitative estimate of drug-likeness (QED) is 0.716. The van der Waals surface area contributed by atoms with Crippen molar-refractivity contribution in [3.05, 3.63) is 23.8 Å². The fourth-order valence-electron chi connectivity index (χ4n) is 1.60. The summed E-state index contributed by atoms with van der Waals surface area (Å²) < 4.78 is 10.9. The molecule has 0 saturated heterocycles. The van der Waals surface area contributed by atoms with Crippen LogP contribution in [0.2, 0.25) is 0 Å². The van der Waals surface area contributed by atoms with E-state index in [1.807, 2.05) is 32.1 Å². The number of nitrogens with two attached hydrogens (primary N) is 1. The van der Waals surface area contributed by atoms with Crippen molar-refractivity contribution < 1.29 is 9.47 Å². The molecule has 0 spiro atoms. The van der Waals surface area contributed by atoms with Gasteiger partial charge in [-0.15, -0.1) is 0 Å². The van der Waals surface area contributed by atoms with Crippen molar-refractivity contribution in [2.24, 2.45) is 0 Å². The van der Waals surface area contributed by atoms with Gasteiger partial charge in [0.25, 0.3) is 0 Å². The molecule has 0 aliphatic carbocycles. The molecule has 2 N–H and O–H groups in total. The molecule has 0 aromatic heterocycles. The molecule has 0 unspecified atom stereocenters. The van der Waals surface area contributed by atoms with E-state index in [0.29, 0.717) is 5.69 Å². The average Bonchev–Trinajstić information content (AvgIpc) is 2.15. The monoisotopic (exact) mass is 205 g/mol. The standard InChI is InChI=1S/C12H15NO2/c1-12(2)5-4-9-10(13)6-8(14-3)7-11(9)15-12/h4-7H,13H2,1-3H3. The third kappa shape index (κ3) is 1.77. The van der Waals surface area contributed by atoms with E-state index in [4.69, 9.17) is 15.2 Å². The van der Waals surface area contributed by atoms with E-state index in [-0.39, 0.29) is 5.60 Å². The third-order valence-corrected chi connectivity index (χ3v) is 2.41. The Kier molecular flexibility index (Phi) is 2.11. The highest BCUT2D eigenvalue weighted by atomic mass is 16.5. The molecule has 15 heavy (non-hydrogen) atoms. The summed E-state index contributed by atoms with van der Waals surface area (Å²) in [5.74, 6) is 1.50. The van der Waals surface area contributed by atoms with Gasteiger partial charge in [0.05, 0.1) is 7.11 Å². The van der Waals surface area contributed by atoms with Crippen LogP contribution in [0.1, 0.15) is 19.4 Å². The number of nitrogen functional groups attached to an aromatic ring is 1. The first-order valence-electron chi connectivity index (χ1n) is 4.87. The Bertz CT molecular complexity index is 422. The van der Waals surface area contributed by atoms with Crippen LogP contribution in [0.4, 0.5) is 5.69 Å². The summed E-state index contributed by atoms with van der Waals surface area (Å²) in [6.07, 6.45) is 3.99. The number of benzene rings is 1. The molecule has 1 aromatic carbocycles. The maximum atomic E-state index is 5.90. The third-order valence-electron chi connectivity index (χ3n) is 2.41. The lowest BCUT2D eigenvalue weighted by molar-refractivity contribution is 0.158. The lowest BCUT2D eigenvalue weighted by atomic mass is 10.0. The molecule has 0 saturated carbocycles. The molecule has 1 aliphatic heterocycles. The van der Waals surface area contributed by atoms with Gasteiger partial charge in [0.1, 0.15) is 17.1 Å². The van der Waals surface area contributed by atoms with E-state index in [9.17, 15) is 0 Å². The van der Waals surface area contributed by atoms with E-state index in [1.54, 1.807) is 13.2 Å². The highest BCUT2D eigenvalue weighted by Gasteiger charge is 2.23. The second kappa shape index (κ2) is 3.19. The highest BCUT2D eigenvalue weighted by molar-refractivity contribution is 5.74. The summed E-state index contributed by atoms with van der Waals surface area (Å²) in [7, 11) is 1.62. The fraction of sp³-hybridized carbons (Fsp3) is 0.333. The van der Waals surface area contributed by atoms with Crippen molar-refractivity contribution in [1.29, 1.82) is 0 Å². The van der Waals surface area contributed by atoms with Crippen molar-refractivity contribution in [3.8, 4) is 11.5 Å². The van der Waals surface area contributed by atoms with Crippen LogP contribution in [0.5, 0.6) is 11.5 Å². The lowest BCUT2D eigenvalue weighted by Gasteiger charge is -2.28. The predicted molar refractivity (Wildman–Crippen MR) is 61.1 cm³/mol. The summed E-state index contributed by atoms with van der Waals surface area (Å²) in [6, 6.07) is 3.65. The molecule has 3 heteroatoms. The lowest BCUT2D eigenvalue weighted by Crippen LogP contribution is -2.27. The summed E-state index contributed by atoms with van der Waals surface area (Å²) >= 11 is 0. The highest BCUT2D eigenvalue weighted by Crippen LogP contribution is 2.37. The summed E-state index contributed by atoms with van der Waals surface area (Å²) in [6.45, 7) is 4.00. The van der Waals surface area contributed by atoms with E-state index in [0.717, 1.165) is 17.1 Å². The van der Waals surface area contributed by atoms with Gasteiger partial charge in [-0.25, -0.2) is 0 Å². The van der Waals surface area contributed by atoms with E-state index < -0.39 is 0 Å². The molecule has 0 atom stereocenters. The molecular formula is C12H15NO2. The number of hydrogen-bond donors (Lipinski definition) is 1. The molecule has 1 aliphatic rings. The number of ether oxygens (including phenoxy) is 2. The Hall–Kier alpha value is -1.64. The van der Waals surface area contributed by atoms with Crippen molar-refractivity contribution in [3.63, 3.8) is 0 Å². The second-order valence-electron chi connectivity index (χ2n) is 4.17. The van der Waals surface area contributed by atoms with Gasteiger partial charge in [-0.2, -0.15) is 0 Å². The zero-order valence-corrected chi connectivity index (χ0v) is 9.20. The van der Waals surface area contributed by atoms with Crippen LogP contribution in [0.3, 0.4) is 0 Å². The van der Waals surface area contributed by atoms with Gasteiger partial charge in [0, 0.05) is 23.4 Å². The Morgan fingerprint density at radius 3 is 2.73 bits per heavy atom. The molecule has 1 heterocycles. The number of hydrogen-bond acceptors (Lipinski definition) is 3. The summed E-state index contributed by atoms with van der Waals surface area (Å²) in [4.78, 5) is 0. The minimum atomic E-state index is -0.286. The summed E-state index contributed by atoms with van der Waals surface area (Å²) in [5.41, 5.74) is 7.21. The maximum absolute atomic E-state index is 5.90. The Morgan fingerprint density at radius 1 is 1.33 bits per heavy atom. The smallest absolute Gasteiger partial charge is 0.133 e. The molecule has 0 fully saturated rings. The van der Waals surface area contributed by atoms with Crippen molar-refractivity contribution in [1.82, 2.24) is 0 Å². The molecule has 0 amide bonds. The van der Waals surface area contributed by atoms with Gasteiger partial charge in [-0.3, -0.25) is 0 Å². The molecule has 2 rings (SSSR count). The molecule has 0 bridgehead atoms. The topological polar surface area (TPSA) is 44.5 Å². The zero-order valence-electron chi connectivity index (χ0n) is 9.20. The minimum absolute atomic E-state index is 0.286. The number of fused-ring (bicyclic) bond motifs is 1. The van der Waals surface area contributed by atoms with Crippen molar-refractivity contribution in [2.75, 3.05) is 12.8 Å². The number of rotatable bonds is 1. The van der Waals surface area contributed by atoms with Gasteiger partial charge in [0.15, 0.2) is 0 Å². The van der Waals surface area contributed by atoms with E-state index in [1.165, 1.54) is 0 Å². The first kappa shape index (κ1) is 9.90. The van der Waals surface area contributed by atoms with Gasteiger partial charge < -0.3 is 15.2 Å².